The molecule has 0 saturated carbocycles. The van der Waals surface area contributed by atoms with Crippen LogP contribution in [-0.4, -0.2) is 36.8 Å². The molecule has 2 heterocycles. The number of para-hydroxylation sites is 1. The average Bonchev–Trinajstić information content (AvgIpc) is 3.00. The predicted octanol–water partition coefficient (Wildman–Crippen LogP) is 3.78. The van der Waals surface area contributed by atoms with E-state index in [1.54, 1.807) is 23.9 Å². The Labute approximate surface area is 171 Å². The van der Waals surface area contributed by atoms with E-state index in [0.29, 0.717) is 24.6 Å². The van der Waals surface area contributed by atoms with Crippen LogP contribution >= 0.6 is 11.8 Å². The van der Waals surface area contributed by atoms with Crippen molar-refractivity contribution in [2.75, 3.05) is 40.2 Å². The van der Waals surface area contributed by atoms with E-state index >= 15 is 0 Å². The van der Waals surface area contributed by atoms with E-state index in [2.05, 4.69) is 5.32 Å². The van der Waals surface area contributed by atoms with Gasteiger partial charge < -0.3 is 15.1 Å². The molecule has 2 aliphatic rings. The first kappa shape index (κ1) is 19.4. The van der Waals surface area contributed by atoms with E-state index in [-0.39, 0.29) is 29.3 Å². The Balaban J connectivity index is 1.80. The minimum Gasteiger partial charge on any atom is -0.325 e. The molecule has 0 radical (unpaired) electrons. The number of thioether (sulfide) groups is 1. The molecule has 0 fully saturated rings. The van der Waals surface area contributed by atoms with Crippen LogP contribution in [0.15, 0.2) is 53.9 Å². The lowest BCUT2D eigenvalue weighted by atomic mass is 10.0. The number of nitrogens with one attached hydrogen (secondary N) is 1. The molecule has 1 N–H and O–H groups in total. The van der Waals surface area contributed by atoms with E-state index in [1.807, 2.05) is 16.1 Å². The summed E-state index contributed by atoms with van der Waals surface area (Å²) in [6, 6.07) is 10.2. The lowest BCUT2D eigenvalue weighted by Gasteiger charge is -2.31. The van der Waals surface area contributed by atoms with E-state index in [9.17, 15) is 18.4 Å². The molecule has 1 amide bonds. The second kappa shape index (κ2) is 7.87. The topological polar surface area (TPSA) is 52.7 Å². The number of anilines is 3. The summed E-state index contributed by atoms with van der Waals surface area (Å²) in [6.07, 6.45) is 2.10. The van der Waals surface area contributed by atoms with Gasteiger partial charge in [-0.05, 0) is 36.6 Å². The third kappa shape index (κ3) is 3.48. The van der Waals surface area contributed by atoms with Crippen molar-refractivity contribution in [2.45, 2.75) is 6.42 Å². The molecule has 2 aliphatic heterocycles. The Morgan fingerprint density at radius 1 is 1.17 bits per heavy atom. The largest absolute Gasteiger partial charge is 0.325 e. The Morgan fingerprint density at radius 2 is 1.97 bits per heavy atom. The van der Waals surface area contributed by atoms with Crippen LogP contribution in [0, 0.1) is 11.6 Å². The lowest BCUT2D eigenvalue weighted by Crippen LogP contribution is -2.41. The zero-order valence-electron chi connectivity index (χ0n) is 15.7. The highest BCUT2D eigenvalue weighted by molar-refractivity contribution is 7.98. The van der Waals surface area contributed by atoms with Gasteiger partial charge in [-0.2, -0.15) is 11.8 Å². The lowest BCUT2D eigenvalue weighted by molar-refractivity contribution is -0.120. The van der Waals surface area contributed by atoms with Crippen LogP contribution in [0.5, 0.6) is 0 Å². The van der Waals surface area contributed by atoms with Crippen molar-refractivity contribution in [3.63, 3.8) is 0 Å². The Kier molecular flexibility index (Phi) is 5.27. The van der Waals surface area contributed by atoms with Crippen LogP contribution < -0.4 is 15.1 Å². The summed E-state index contributed by atoms with van der Waals surface area (Å²) >= 11 is 1.61. The van der Waals surface area contributed by atoms with Crippen molar-refractivity contribution in [3.8, 4) is 0 Å². The number of carbonyl (C=O) groups is 2. The quantitative estimate of drug-likeness (QED) is 0.754. The summed E-state index contributed by atoms with van der Waals surface area (Å²) in [6.45, 7) is 0.909. The zero-order chi connectivity index (χ0) is 20.5. The molecule has 4 rings (SSSR count). The molecule has 0 atom stereocenters. The molecule has 5 nitrogen and oxygen atoms in total. The van der Waals surface area contributed by atoms with Crippen LogP contribution in [-0.2, 0) is 9.59 Å². The Morgan fingerprint density at radius 3 is 2.72 bits per heavy atom. The van der Waals surface area contributed by atoms with Gasteiger partial charge in [-0.1, -0.05) is 12.1 Å². The van der Waals surface area contributed by atoms with Gasteiger partial charge in [-0.25, -0.2) is 8.78 Å². The van der Waals surface area contributed by atoms with Gasteiger partial charge in [0.15, 0.2) is 5.78 Å². The maximum absolute atomic E-state index is 14.0. The number of rotatable bonds is 5. The second-order valence-corrected chi connectivity index (χ2v) is 7.72. The highest BCUT2D eigenvalue weighted by atomic mass is 32.2. The maximum Gasteiger partial charge on any atom is 0.263 e. The fraction of sp³-hybridized carbons (Fsp3) is 0.238. The number of nitrogens with zero attached hydrogens (tertiary/aromatic N) is 2. The van der Waals surface area contributed by atoms with Crippen molar-refractivity contribution >= 4 is 40.5 Å². The minimum atomic E-state index is -0.665. The molecule has 29 heavy (non-hydrogen) atoms. The molecular formula is C21H19F2N3O2S. The van der Waals surface area contributed by atoms with Crippen molar-refractivity contribution in [1.82, 2.24) is 0 Å². The molecule has 150 valence electrons. The third-order valence-corrected chi connectivity index (χ3v) is 5.55. The molecule has 0 bridgehead atoms. The van der Waals surface area contributed by atoms with Gasteiger partial charge in [0.05, 0.1) is 17.1 Å². The first-order valence-electron chi connectivity index (χ1n) is 9.18. The van der Waals surface area contributed by atoms with Crippen molar-refractivity contribution in [3.05, 3.63) is 65.5 Å². The number of hydrogen-bond acceptors (Lipinski definition) is 5. The third-order valence-electron chi connectivity index (χ3n) is 4.96. The molecule has 0 unspecified atom stereocenters. The highest BCUT2D eigenvalue weighted by Gasteiger charge is 2.41. The average molecular weight is 415 g/mol. The first-order valence-corrected chi connectivity index (χ1v) is 10.6. The number of halogens is 2. The van der Waals surface area contributed by atoms with Crippen LogP contribution in [0.4, 0.5) is 25.8 Å². The number of ketones is 1. The molecule has 0 spiro atoms. The number of fused-ring (bicyclic) bond motifs is 3. The molecule has 2 aromatic carbocycles. The van der Waals surface area contributed by atoms with Crippen molar-refractivity contribution in [1.29, 1.82) is 0 Å². The summed E-state index contributed by atoms with van der Waals surface area (Å²) in [5.74, 6) is -0.784. The Hall–Kier alpha value is -2.87. The second-order valence-electron chi connectivity index (χ2n) is 6.73. The summed E-state index contributed by atoms with van der Waals surface area (Å²) in [4.78, 5) is 29.4. The predicted molar refractivity (Wildman–Crippen MR) is 111 cm³/mol. The summed E-state index contributed by atoms with van der Waals surface area (Å²) < 4.78 is 27.9. The van der Waals surface area contributed by atoms with Gasteiger partial charge >= 0.3 is 0 Å². The van der Waals surface area contributed by atoms with Crippen LogP contribution in [0.2, 0.25) is 0 Å². The Bertz CT molecular complexity index is 1020. The van der Waals surface area contributed by atoms with Crippen LogP contribution in [0.1, 0.15) is 6.42 Å². The number of carbonyl (C=O) groups excluding carboxylic acids is 2. The fourth-order valence-electron chi connectivity index (χ4n) is 3.66. The highest BCUT2D eigenvalue weighted by Crippen LogP contribution is 2.45. The molecule has 2 aromatic rings. The summed E-state index contributed by atoms with van der Waals surface area (Å²) in [7, 11) is 0. The first-order chi connectivity index (χ1) is 14.0. The zero-order valence-corrected chi connectivity index (χ0v) is 16.6. The maximum atomic E-state index is 14.0. The van der Waals surface area contributed by atoms with Gasteiger partial charge in [-0.3, -0.25) is 9.59 Å². The standard InChI is InChI=1S/C21H19F2N3O2S/c1-29-11-10-26-17-12-13(22)6-7-16(17)25-9-8-18(27)19(21(25)26)20(28)24-15-5-3-2-4-14(15)23/h2-7,12H,8-11H2,1H3,(H,24,28). The van der Waals surface area contributed by atoms with Gasteiger partial charge in [0.25, 0.3) is 5.91 Å². The monoisotopic (exact) mass is 415 g/mol. The fourth-order valence-corrected chi connectivity index (χ4v) is 4.02. The van der Waals surface area contributed by atoms with E-state index in [4.69, 9.17) is 0 Å². The number of Topliss-reactive ketones (excluding diaryl/α,β-unsaturated/α-hetero) is 1. The minimum absolute atomic E-state index is 0.00717. The summed E-state index contributed by atoms with van der Waals surface area (Å²) in [5, 5.41) is 2.51. The molecule has 0 aromatic heterocycles. The van der Waals surface area contributed by atoms with Gasteiger partial charge in [0.2, 0.25) is 0 Å². The van der Waals surface area contributed by atoms with Crippen LogP contribution in [0.3, 0.4) is 0 Å². The SMILES string of the molecule is CSCCN1C2=C(C(=O)Nc3ccccc3F)C(=O)CCN2c2ccc(F)cc21. The molecular weight excluding hydrogens is 396 g/mol. The van der Waals surface area contributed by atoms with Gasteiger partial charge in [0, 0.05) is 25.3 Å². The molecule has 0 aliphatic carbocycles. The van der Waals surface area contributed by atoms with E-state index < -0.39 is 11.7 Å². The van der Waals surface area contributed by atoms with Crippen molar-refractivity contribution < 1.29 is 18.4 Å². The van der Waals surface area contributed by atoms with Crippen molar-refractivity contribution in [2.24, 2.45) is 0 Å². The van der Waals surface area contributed by atoms with Gasteiger partial charge in [0.1, 0.15) is 23.0 Å². The van der Waals surface area contributed by atoms with E-state index in [1.165, 1.54) is 30.3 Å². The summed E-state index contributed by atoms with van der Waals surface area (Å²) in [5.41, 5.74) is 1.36. The normalized spacial score (nSPS) is 15.5. The smallest absolute Gasteiger partial charge is 0.263 e. The number of hydrogen-bond donors (Lipinski definition) is 1. The number of amides is 1. The molecule has 8 heteroatoms. The molecule has 0 saturated heterocycles. The van der Waals surface area contributed by atoms with Crippen LogP contribution in [0.25, 0.3) is 0 Å². The van der Waals surface area contributed by atoms with Gasteiger partial charge in [-0.15, -0.1) is 0 Å². The van der Waals surface area contributed by atoms with E-state index in [0.717, 1.165) is 11.4 Å². The number of benzene rings is 2.